The largest absolute Gasteiger partial charge is 0.369 e. The number of nitrogens with two attached hydrogens (primary N) is 1. The van der Waals surface area contributed by atoms with Crippen molar-refractivity contribution in [1.82, 2.24) is 29.5 Å². The number of imidazole rings is 1. The van der Waals surface area contributed by atoms with Crippen LogP contribution in [0.1, 0.15) is 24.3 Å². The molecular formula is C12H17N7O. The molecule has 0 saturated carbocycles. The zero-order valence-corrected chi connectivity index (χ0v) is 11.8. The molecule has 8 heteroatoms. The smallest absolute Gasteiger partial charge is 0.228 e. The fourth-order valence-corrected chi connectivity index (χ4v) is 2.33. The summed E-state index contributed by atoms with van der Waals surface area (Å²) in [5, 5.41) is 8.23. The van der Waals surface area contributed by atoms with E-state index in [0.717, 1.165) is 23.4 Å². The van der Waals surface area contributed by atoms with Crippen LogP contribution >= 0.6 is 0 Å². The summed E-state index contributed by atoms with van der Waals surface area (Å²) < 4.78 is 8.97. The molecule has 0 bridgehead atoms. The van der Waals surface area contributed by atoms with Gasteiger partial charge in [-0.15, -0.1) is 0 Å². The van der Waals surface area contributed by atoms with Crippen molar-refractivity contribution in [1.29, 1.82) is 0 Å². The predicted molar refractivity (Wildman–Crippen MR) is 73.1 cm³/mol. The normalized spacial score (nSPS) is 11.6. The molecule has 0 aliphatic rings. The maximum absolute atomic E-state index is 6.00. The summed E-state index contributed by atoms with van der Waals surface area (Å²) in [5.41, 5.74) is 8.69. The van der Waals surface area contributed by atoms with Crippen LogP contribution in [0.4, 0.5) is 5.95 Å². The highest BCUT2D eigenvalue weighted by atomic mass is 16.5. The van der Waals surface area contributed by atoms with Gasteiger partial charge in [0.05, 0.1) is 5.69 Å². The second-order valence-electron chi connectivity index (χ2n) is 4.68. The monoisotopic (exact) mass is 275 g/mol. The van der Waals surface area contributed by atoms with Gasteiger partial charge < -0.3 is 10.3 Å². The van der Waals surface area contributed by atoms with Crippen LogP contribution in [0.2, 0.25) is 0 Å². The quantitative estimate of drug-likeness (QED) is 0.764. The Bertz CT molecular complexity index is 751. The van der Waals surface area contributed by atoms with E-state index in [-0.39, 0.29) is 0 Å². The van der Waals surface area contributed by atoms with Crippen molar-refractivity contribution in [2.24, 2.45) is 0 Å². The summed E-state index contributed by atoms with van der Waals surface area (Å²) in [5.74, 6) is 1.72. The minimum atomic E-state index is 0.485. The highest BCUT2D eigenvalue weighted by molar-refractivity contribution is 5.77. The zero-order chi connectivity index (χ0) is 14.3. The van der Waals surface area contributed by atoms with Crippen LogP contribution < -0.4 is 5.73 Å². The van der Waals surface area contributed by atoms with Gasteiger partial charge >= 0.3 is 0 Å². The molecule has 0 unspecified atom stereocenters. The third-order valence-corrected chi connectivity index (χ3v) is 3.25. The van der Waals surface area contributed by atoms with Gasteiger partial charge in [0.1, 0.15) is 5.52 Å². The van der Waals surface area contributed by atoms with E-state index in [0.29, 0.717) is 30.6 Å². The highest BCUT2D eigenvalue weighted by Gasteiger charge is 2.17. The van der Waals surface area contributed by atoms with Gasteiger partial charge in [0.25, 0.3) is 0 Å². The summed E-state index contributed by atoms with van der Waals surface area (Å²) in [7, 11) is 0. The van der Waals surface area contributed by atoms with Crippen molar-refractivity contribution >= 4 is 17.1 Å². The van der Waals surface area contributed by atoms with Crippen LogP contribution in [0.5, 0.6) is 0 Å². The first kappa shape index (κ1) is 12.6. The predicted octanol–water partition coefficient (Wildman–Crippen LogP) is 1.08. The third-order valence-electron chi connectivity index (χ3n) is 3.25. The maximum Gasteiger partial charge on any atom is 0.228 e. The molecule has 0 spiro atoms. The summed E-state index contributed by atoms with van der Waals surface area (Å²) in [4.78, 5) is 8.58. The summed E-state index contributed by atoms with van der Waals surface area (Å²) in [6.45, 7) is 7.18. The van der Waals surface area contributed by atoms with Gasteiger partial charge in [0.15, 0.2) is 11.5 Å². The molecule has 3 rings (SSSR count). The first-order chi connectivity index (χ1) is 9.60. The number of hydrogen-bond donors (Lipinski definition) is 1. The van der Waals surface area contributed by atoms with Crippen LogP contribution in [0.25, 0.3) is 11.2 Å². The molecular weight excluding hydrogens is 258 g/mol. The van der Waals surface area contributed by atoms with Gasteiger partial charge in [-0.05, 0) is 20.8 Å². The lowest BCUT2D eigenvalue weighted by atomic mass is 10.4. The zero-order valence-electron chi connectivity index (χ0n) is 11.8. The van der Waals surface area contributed by atoms with E-state index in [1.165, 1.54) is 0 Å². The van der Waals surface area contributed by atoms with Crippen LogP contribution in [-0.4, -0.2) is 29.5 Å². The average Bonchev–Trinajstić information content (AvgIpc) is 3.05. The first-order valence-corrected chi connectivity index (χ1v) is 6.58. The molecule has 3 heterocycles. The van der Waals surface area contributed by atoms with Crippen molar-refractivity contribution < 1.29 is 4.52 Å². The van der Waals surface area contributed by atoms with Gasteiger partial charge in [-0.1, -0.05) is 5.16 Å². The molecule has 0 fully saturated rings. The van der Waals surface area contributed by atoms with Gasteiger partial charge in [0.2, 0.25) is 11.8 Å². The Morgan fingerprint density at radius 2 is 2.05 bits per heavy atom. The van der Waals surface area contributed by atoms with E-state index in [9.17, 15) is 0 Å². The molecule has 20 heavy (non-hydrogen) atoms. The minimum absolute atomic E-state index is 0.485. The van der Waals surface area contributed by atoms with Gasteiger partial charge in [-0.3, -0.25) is 4.57 Å². The number of aryl methyl sites for hydroxylation is 5. The van der Waals surface area contributed by atoms with Crippen molar-refractivity contribution in [2.75, 3.05) is 5.73 Å². The molecule has 0 radical (unpaired) electrons. The van der Waals surface area contributed by atoms with Gasteiger partial charge in [0, 0.05) is 19.5 Å². The Morgan fingerprint density at radius 1 is 1.25 bits per heavy atom. The molecule has 106 valence electrons. The fourth-order valence-electron chi connectivity index (χ4n) is 2.33. The number of rotatable bonds is 4. The third kappa shape index (κ3) is 1.93. The molecule has 2 N–H and O–H groups in total. The van der Waals surface area contributed by atoms with E-state index in [4.69, 9.17) is 10.3 Å². The molecule has 0 amide bonds. The lowest BCUT2D eigenvalue weighted by molar-refractivity contribution is 0.369. The number of fused-ring (bicyclic) bond motifs is 1. The number of anilines is 1. The van der Waals surface area contributed by atoms with Gasteiger partial charge in [-0.2, -0.15) is 10.1 Å². The van der Waals surface area contributed by atoms with Crippen molar-refractivity contribution in [3.63, 3.8) is 0 Å². The molecule has 0 aromatic carbocycles. The van der Waals surface area contributed by atoms with Gasteiger partial charge in [-0.25, -0.2) is 9.67 Å². The van der Waals surface area contributed by atoms with E-state index >= 15 is 0 Å². The Hall–Kier alpha value is -2.38. The molecule has 3 aromatic heterocycles. The highest BCUT2D eigenvalue weighted by Crippen LogP contribution is 2.21. The van der Waals surface area contributed by atoms with E-state index < -0.39 is 0 Å². The van der Waals surface area contributed by atoms with Crippen molar-refractivity contribution in [3.05, 3.63) is 17.4 Å². The topological polar surface area (TPSA) is 101 Å². The fraction of sp³-hybridized carbons (Fsp3) is 0.500. The van der Waals surface area contributed by atoms with Crippen LogP contribution in [0, 0.1) is 13.8 Å². The summed E-state index contributed by atoms with van der Waals surface area (Å²) in [6.07, 6.45) is 0.616. The SMILES string of the molecule is CCn1nc(C)c2nc(N)n(CCc3nc(C)no3)c21. The van der Waals surface area contributed by atoms with E-state index in [2.05, 4.69) is 20.2 Å². The molecule has 8 nitrogen and oxygen atoms in total. The maximum atomic E-state index is 6.00. The number of aromatic nitrogens is 6. The average molecular weight is 275 g/mol. The van der Waals surface area contributed by atoms with Crippen LogP contribution in [0.15, 0.2) is 4.52 Å². The lowest BCUT2D eigenvalue weighted by Crippen LogP contribution is -2.10. The Balaban J connectivity index is 1.96. The lowest BCUT2D eigenvalue weighted by Gasteiger charge is -2.06. The first-order valence-electron chi connectivity index (χ1n) is 6.58. The number of nitrogen functional groups attached to an aromatic ring is 1. The Morgan fingerprint density at radius 3 is 2.70 bits per heavy atom. The second kappa shape index (κ2) is 4.62. The number of nitrogens with zero attached hydrogens (tertiary/aromatic N) is 6. The second-order valence-corrected chi connectivity index (χ2v) is 4.68. The van der Waals surface area contributed by atoms with Crippen LogP contribution in [-0.2, 0) is 19.5 Å². The van der Waals surface area contributed by atoms with Crippen molar-refractivity contribution in [2.45, 2.75) is 40.3 Å². The summed E-state index contributed by atoms with van der Waals surface area (Å²) >= 11 is 0. The molecule has 0 aliphatic heterocycles. The Kier molecular flexibility index (Phi) is 2.92. The number of hydrogen-bond acceptors (Lipinski definition) is 6. The molecule has 0 atom stereocenters. The summed E-state index contributed by atoms with van der Waals surface area (Å²) in [6, 6.07) is 0. The Labute approximate surface area is 115 Å². The standard InChI is InChI=1S/C12H17N7O/c1-4-19-11-10(7(2)16-19)15-12(13)18(11)6-5-9-14-8(3)17-20-9/h4-6H2,1-3H3,(H2,13,15). The van der Waals surface area contributed by atoms with Crippen molar-refractivity contribution in [3.8, 4) is 0 Å². The van der Waals surface area contributed by atoms with E-state index in [1.54, 1.807) is 6.92 Å². The van der Waals surface area contributed by atoms with Crippen LogP contribution in [0.3, 0.4) is 0 Å². The van der Waals surface area contributed by atoms with E-state index in [1.807, 2.05) is 23.1 Å². The molecule has 0 aliphatic carbocycles. The molecule has 3 aromatic rings. The molecule has 0 saturated heterocycles. The minimum Gasteiger partial charge on any atom is -0.369 e.